The first-order chi connectivity index (χ1) is 12.1. The van der Waals surface area contributed by atoms with E-state index in [0.29, 0.717) is 17.3 Å². The highest BCUT2D eigenvalue weighted by Crippen LogP contribution is 2.29. The zero-order valence-electron chi connectivity index (χ0n) is 14.8. The quantitative estimate of drug-likeness (QED) is 0.703. The standard InChI is InChI=1S/C21H22N2O2/c1-4-7-16-10-12-17(13-11-16)23-20(24)14-15(2)22-21(23)18-8-5-6-9-19(18)25-3/h5-6,8-14H,4,7H2,1-3H3. The first-order valence-corrected chi connectivity index (χ1v) is 8.47. The molecule has 0 aliphatic carbocycles. The maximum atomic E-state index is 12.7. The van der Waals surface area contributed by atoms with E-state index in [-0.39, 0.29) is 5.56 Å². The second kappa shape index (κ2) is 7.34. The lowest BCUT2D eigenvalue weighted by Crippen LogP contribution is -2.21. The topological polar surface area (TPSA) is 44.1 Å². The van der Waals surface area contributed by atoms with E-state index in [9.17, 15) is 4.79 Å². The summed E-state index contributed by atoms with van der Waals surface area (Å²) < 4.78 is 7.11. The Morgan fingerprint density at radius 2 is 1.80 bits per heavy atom. The Kier molecular flexibility index (Phi) is 4.98. The molecule has 0 unspecified atom stereocenters. The van der Waals surface area contributed by atoms with Gasteiger partial charge in [0.25, 0.3) is 5.56 Å². The van der Waals surface area contributed by atoms with Crippen LogP contribution in [0.2, 0.25) is 0 Å². The predicted molar refractivity (Wildman–Crippen MR) is 101 cm³/mol. The molecule has 1 aromatic heterocycles. The number of hydrogen-bond acceptors (Lipinski definition) is 3. The van der Waals surface area contributed by atoms with Gasteiger partial charge in [-0.05, 0) is 43.2 Å². The van der Waals surface area contributed by atoms with Gasteiger partial charge in [-0.25, -0.2) is 4.98 Å². The minimum absolute atomic E-state index is 0.100. The summed E-state index contributed by atoms with van der Waals surface area (Å²) in [5.74, 6) is 1.28. The molecule has 0 N–H and O–H groups in total. The second-order valence-electron chi connectivity index (χ2n) is 6.01. The van der Waals surface area contributed by atoms with E-state index < -0.39 is 0 Å². The lowest BCUT2D eigenvalue weighted by atomic mass is 10.1. The molecule has 0 aliphatic rings. The molecule has 0 fully saturated rings. The fraction of sp³-hybridized carbons (Fsp3) is 0.238. The Morgan fingerprint density at radius 3 is 2.48 bits per heavy atom. The van der Waals surface area contributed by atoms with Gasteiger partial charge < -0.3 is 4.74 Å². The van der Waals surface area contributed by atoms with Crippen LogP contribution in [0.4, 0.5) is 0 Å². The largest absolute Gasteiger partial charge is 0.496 e. The number of para-hydroxylation sites is 1. The summed E-state index contributed by atoms with van der Waals surface area (Å²) in [6.45, 7) is 3.98. The summed E-state index contributed by atoms with van der Waals surface area (Å²) in [5.41, 5.74) is 3.45. The van der Waals surface area contributed by atoms with Gasteiger partial charge in [-0.2, -0.15) is 0 Å². The molecule has 0 aliphatic heterocycles. The molecule has 3 aromatic rings. The number of aryl methyl sites for hydroxylation is 2. The van der Waals surface area contributed by atoms with Gasteiger partial charge >= 0.3 is 0 Å². The number of aromatic nitrogens is 2. The molecule has 0 saturated heterocycles. The minimum atomic E-state index is -0.100. The van der Waals surface area contributed by atoms with E-state index in [4.69, 9.17) is 4.74 Å². The first kappa shape index (κ1) is 17.0. The summed E-state index contributed by atoms with van der Waals surface area (Å²) in [4.78, 5) is 17.4. The van der Waals surface area contributed by atoms with Crippen LogP contribution in [-0.2, 0) is 6.42 Å². The molecule has 0 saturated carbocycles. The number of hydrogen-bond donors (Lipinski definition) is 0. The predicted octanol–water partition coefficient (Wildman–Crippen LogP) is 4.17. The number of nitrogens with zero attached hydrogens (tertiary/aromatic N) is 2. The van der Waals surface area contributed by atoms with E-state index in [2.05, 4.69) is 24.0 Å². The van der Waals surface area contributed by atoms with Crippen molar-refractivity contribution in [2.75, 3.05) is 7.11 Å². The molecule has 0 bridgehead atoms. The highest BCUT2D eigenvalue weighted by atomic mass is 16.5. The number of ether oxygens (including phenoxy) is 1. The van der Waals surface area contributed by atoms with E-state index >= 15 is 0 Å². The Bertz CT molecular complexity index is 927. The molecule has 4 heteroatoms. The fourth-order valence-electron chi connectivity index (χ4n) is 2.96. The molecular formula is C21H22N2O2. The van der Waals surface area contributed by atoms with Gasteiger partial charge in [-0.15, -0.1) is 0 Å². The van der Waals surface area contributed by atoms with Crippen LogP contribution in [0.25, 0.3) is 17.1 Å². The smallest absolute Gasteiger partial charge is 0.258 e. The van der Waals surface area contributed by atoms with Gasteiger partial charge in [-0.3, -0.25) is 9.36 Å². The van der Waals surface area contributed by atoms with Crippen molar-refractivity contribution in [3.8, 4) is 22.8 Å². The van der Waals surface area contributed by atoms with Crippen LogP contribution in [0, 0.1) is 6.92 Å². The van der Waals surface area contributed by atoms with Crippen LogP contribution >= 0.6 is 0 Å². The molecule has 0 amide bonds. The zero-order chi connectivity index (χ0) is 17.8. The van der Waals surface area contributed by atoms with Gasteiger partial charge in [0.05, 0.1) is 18.4 Å². The van der Waals surface area contributed by atoms with Crippen LogP contribution in [0.3, 0.4) is 0 Å². The van der Waals surface area contributed by atoms with Gasteiger partial charge in [0.2, 0.25) is 0 Å². The van der Waals surface area contributed by atoms with Gasteiger partial charge in [0, 0.05) is 11.8 Å². The summed E-state index contributed by atoms with van der Waals surface area (Å²) >= 11 is 0. The van der Waals surface area contributed by atoms with Crippen molar-refractivity contribution in [2.45, 2.75) is 26.7 Å². The number of methoxy groups -OCH3 is 1. The molecular weight excluding hydrogens is 312 g/mol. The highest BCUT2D eigenvalue weighted by Gasteiger charge is 2.15. The Hall–Kier alpha value is -2.88. The summed E-state index contributed by atoms with van der Waals surface area (Å²) in [6.07, 6.45) is 2.12. The van der Waals surface area contributed by atoms with Gasteiger partial charge in [0.15, 0.2) is 5.82 Å². The second-order valence-corrected chi connectivity index (χ2v) is 6.01. The van der Waals surface area contributed by atoms with Crippen molar-refractivity contribution < 1.29 is 4.74 Å². The average molecular weight is 334 g/mol. The number of rotatable bonds is 5. The third-order valence-electron chi connectivity index (χ3n) is 4.13. The first-order valence-electron chi connectivity index (χ1n) is 8.47. The zero-order valence-corrected chi connectivity index (χ0v) is 14.8. The Morgan fingerprint density at radius 1 is 1.08 bits per heavy atom. The lowest BCUT2D eigenvalue weighted by Gasteiger charge is -2.15. The highest BCUT2D eigenvalue weighted by molar-refractivity contribution is 5.66. The molecule has 0 spiro atoms. The maximum Gasteiger partial charge on any atom is 0.258 e. The van der Waals surface area contributed by atoms with Crippen molar-refractivity contribution in [3.05, 3.63) is 76.2 Å². The van der Waals surface area contributed by atoms with Crippen molar-refractivity contribution in [1.29, 1.82) is 0 Å². The molecule has 1 heterocycles. The summed E-state index contributed by atoms with van der Waals surface area (Å²) in [5, 5.41) is 0. The normalized spacial score (nSPS) is 10.7. The van der Waals surface area contributed by atoms with Gasteiger partial charge in [0.1, 0.15) is 5.75 Å². The van der Waals surface area contributed by atoms with Crippen LogP contribution in [0.1, 0.15) is 24.6 Å². The van der Waals surface area contributed by atoms with Gasteiger partial charge in [-0.1, -0.05) is 37.6 Å². The molecule has 4 nitrogen and oxygen atoms in total. The molecule has 0 radical (unpaired) electrons. The molecule has 2 aromatic carbocycles. The van der Waals surface area contributed by atoms with Crippen molar-refractivity contribution in [1.82, 2.24) is 9.55 Å². The fourth-order valence-corrected chi connectivity index (χ4v) is 2.96. The molecule has 128 valence electrons. The molecule has 25 heavy (non-hydrogen) atoms. The number of benzene rings is 2. The van der Waals surface area contributed by atoms with Crippen LogP contribution in [-0.4, -0.2) is 16.7 Å². The van der Waals surface area contributed by atoms with E-state index in [1.807, 2.05) is 43.3 Å². The van der Waals surface area contributed by atoms with Crippen LogP contribution < -0.4 is 10.3 Å². The van der Waals surface area contributed by atoms with Crippen LogP contribution in [0.15, 0.2) is 59.4 Å². The minimum Gasteiger partial charge on any atom is -0.496 e. The van der Waals surface area contributed by atoms with E-state index in [0.717, 1.165) is 24.1 Å². The molecule has 0 atom stereocenters. The van der Waals surface area contributed by atoms with Crippen molar-refractivity contribution in [2.24, 2.45) is 0 Å². The third-order valence-corrected chi connectivity index (χ3v) is 4.13. The average Bonchev–Trinajstić information content (AvgIpc) is 2.62. The monoisotopic (exact) mass is 334 g/mol. The lowest BCUT2D eigenvalue weighted by molar-refractivity contribution is 0.416. The maximum absolute atomic E-state index is 12.7. The van der Waals surface area contributed by atoms with Crippen LogP contribution in [0.5, 0.6) is 5.75 Å². The Balaban J connectivity index is 2.21. The Labute approximate surface area is 147 Å². The SMILES string of the molecule is CCCc1ccc(-n2c(-c3ccccc3OC)nc(C)cc2=O)cc1. The van der Waals surface area contributed by atoms with E-state index in [1.165, 1.54) is 5.56 Å². The summed E-state index contributed by atoms with van der Waals surface area (Å²) in [7, 11) is 1.62. The van der Waals surface area contributed by atoms with E-state index in [1.54, 1.807) is 17.7 Å². The third kappa shape index (κ3) is 3.48. The van der Waals surface area contributed by atoms with Crippen molar-refractivity contribution >= 4 is 0 Å². The summed E-state index contributed by atoms with van der Waals surface area (Å²) in [6, 6.07) is 17.2. The van der Waals surface area contributed by atoms with Crippen molar-refractivity contribution in [3.63, 3.8) is 0 Å². The molecule has 3 rings (SSSR count).